The quantitative estimate of drug-likeness (QED) is 0.684. The molecule has 88 valence electrons. The predicted octanol–water partition coefficient (Wildman–Crippen LogP) is 4.92. The lowest BCUT2D eigenvalue weighted by Crippen LogP contribution is -1.90. The van der Waals surface area contributed by atoms with Crippen LogP contribution < -0.4 is 0 Å². The molecule has 0 saturated carbocycles. The van der Waals surface area contributed by atoms with E-state index in [0.717, 1.165) is 5.56 Å². The largest absolute Gasteiger partial charge is 0.207 e. The van der Waals surface area contributed by atoms with Gasteiger partial charge in [0, 0.05) is 0 Å². The highest BCUT2D eigenvalue weighted by Gasteiger charge is 2.05. The molecule has 0 saturated heterocycles. The van der Waals surface area contributed by atoms with Crippen LogP contribution in [0.2, 0.25) is 0 Å². The van der Waals surface area contributed by atoms with Gasteiger partial charge < -0.3 is 0 Å². The van der Waals surface area contributed by atoms with Gasteiger partial charge in [0.05, 0.1) is 0 Å². The van der Waals surface area contributed by atoms with Crippen molar-refractivity contribution in [1.29, 1.82) is 0 Å². The Morgan fingerprint density at radius 3 is 2.12 bits per heavy atom. The van der Waals surface area contributed by atoms with Crippen LogP contribution in [-0.4, -0.2) is 0 Å². The van der Waals surface area contributed by atoms with E-state index in [-0.39, 0.29) is 5.82 Å². The summed E-state index contributed by atoms with van der Waals surface area (Å²) in [5.41, 5.74) is 4.82. The summed E-state index contributed by atoms with van der Waals surface area (Å²) in [4.78, 5) is 0. The predicted molar refractivity (Wildman–Crippen MR) is 70.7 cm³/mol. The molecule has 0 radical (unpaired) electrons. The molecule has 0 bridgehead atoms. The molecule has 0 aliphatic carbocycles. The normalized spacial score (nSPS) is 10.9. The van der Waals surface area contributed by atoms with Crippen LogP contribution in [0, 0.1) is 12.7 Å². The first-order chi connectivity index (χ1) is 8.08. The van der Waals surface area contributed by atoms with Gasteiger partial charge in [-0.05, 0) is 47.2 Å². The van der Waals surface area contributed by atoms with E-state index in [0.29, 0.717) is 5.92 Å². The Labute approximate surface area is 102 Å². The molecule has 0 spiro atoms. The summed E-state index contributed by atoms with van der Waals surface area (Å²) in [6.45, 7) is 6.48. The number of benzene rings is 2. The molecule has 0 aliphatic rings. The maximum Gasteiger partial charge on any atom is 0.123 e. The van der Waals surface area contributed by atoms with E-state index in [1.165, 1.54) is 28.8 Å². The van der Waals surface area contributed by atoms with Crippen molar-refractivity contribution >= 4 is 0 Å². The van der Waals surface area contributed by atoms with Gasteiger partial charge in [0.1, 0.15) is 5.82 Å². The fourth-order valence-corrected chi connectivity index (χ4v) is 2.00. The summed E-state index contributed by atoms with van der Waals surface area (Å²) >= 11 is 0. The second-order valence-corrected chi connectivity index (χ2v) is 4.74. The van der Waals surface area contributed by atoms with E-state index in [1.807, 2.05) is 12.1 Å². The van der Waals surface area contributed by atoms with E-state index in [2.05, 4.69) is 39.0 Å². The van der Waals surface area contributed by atoms with Crippen LogP contribution in [0.1, 0.15) is 30.9 Å². The first-order valence-electron chi connectivity index (χ1n) is 5.94. The van der Waals surface area contributed by atoms with Crippen LogP contribution in [0.4, 0.5) is 4.39 Å². The average Bonchev–Trinajstić information content (AvgIpc) is 2.30. The summed E-state index contributed by atoms with van der Waals surface area (Å²) in [7, 11) is 0. The first-order valence-corrected chi connectivity index (χ1v) is 5.94. The minimum atomic E-state index is -0.190. The SMILES string of the molecule is Cc1cc(C(C)C)ccc1-c1ccc(F)cc1. The minimum Gasteiger partial charge on any atom is -0.207 e. The molecule has 0 heterocycles. The van der Waals surface area contributed by atoms with Crippen LogP contribution >= 0.6 is 0 Å². The fraction of sp³-hybridized carbons (Fsp3) is 0.250. The summed E-state index contributed by atoms with van der Waals surface area (Å²) in [5.74, 6) is 0.348. The van der Waals surface area contributed by atoms with Crippen molar-refractivity contribution in [3.05, 3.63) is 59.4 Å². The zero-order valence-corrected chi connectivity index (χ0v) is 10.5. The zero-order chi connectivity index (χ0) is 12.4. The molecule has 0 amide bonds. The molecular weight excluding hydrogens is 211 g/mol. The lowest BCUT2D eigenvalue weighted by Gasteiger charge is -2.11. The average molecular weight is 228 g/mol. The van der Waals surface area contributed by atoms with Gasteiger partial charge in [-0.25, -0.2) is 4.39 Å². The van der Waals surface area contributed by atoms with Gasteiger partial charge in [-0.1, -0.05) is 44.2 Å². The highest BCUT2D eigenvalue weighted by atomic mass is 19.1. The van der Waals surface area contributed by atoms with Gasteiger partial charge in [-0.3, -0.25) is 0 Å². The highest BCUT2D eigenvalue weighted by Crippen LogP contribution is 2.26. The monoisotopic (exact) mass is 228 g/mol. The number of hydrogen-bond donors (Lipinski definition) is 0. The van der Waals surface area contributed by atoms with Crippen molar-refractivity contribution in [3.63, 3.8) is 0 Å². The van der Waals surface area contributed by atoms with E-state index in [1.54, 1.807) is 0 Å². The molecule has 2 rings (SSSR count). The Hall–Kier alpha value is -1.63. The van der Waals surface area contributed by atoms with Crippen LogP contribution in [0.5, 0.6) is 0 Å². The Morgan fingerprint density at radius 2 is 1.59 bits per heavy atom. The topological polar surface area (TPSA) is 0 Å². The Bertz CT molecular complexity index is 510. The summed E-state index contributed by atoms with van der Waals surface area (Å²) in [6, 6.07) is 13.1. The molecule has 2 aromatic rings. The van der Waals surface area contributed by atoms with E-state index >= 15 is 0 Å². The van der Waals surface area contributed by atoms with Gasteiger partial charge in [-0.2, -0.15) is 0 Å². The van der Waals surface area contributed by atoms with Crippen LogP contribution in [0.25, 0.3) is 11.1 Å². The van der Waals surface area contributed by atoms with Gasteiger partial charge in [0.2, 0.25) is 0 Å². The van der Waals surface area contributed by atoms with E-state index < -0.39 is 0 Å². The third-order valence-corrected chi connectivity index (χ3v) is 3.07. The standard InChI is InChI=1S/C16H17F/c1-11(2)14-6-9-16(12(3)10-14)13-4-7-15(17)8-5-13/h4-11H,1-3H3. The minimum absolute atomic E-state index is 0.190. The van der Waals surface area contributed by atoms with Crippen molar-refractivity contribution in [3.8, 4) is 11.1 Å². The third-order valence-electron chi connectivity index (χ3n) is 3.07. The van der Waals surface area contributed by atoms with Crippen molar-refractivity contribution in [1.82, 2.24) is 0 Å². The van der Waals surface area contributed by atoms with Crippen molar-refractivity contribution in [2.45, 2.75) is 26.7 Å². The lowest BCUT2D eigenvalue weighted by molar-refractivity contribution is 0.628. The van der Waals surface area contributed by atoms with Gasteiger partial charge in [0.25, 0.3) is 0 Å². The van der Waals surface area contributed by atoms with E-state index in [9.17, 15) is 4.39 Å². The maximum absolute atomic E-state index is 12.9. The molecule has 2 aromatic carbocycles. The Balaban J connectivity index is 2.43. The first kappa shape index (κ1) is 11.8. The van der Waals surface area contributed by atoms with Gasteiger partial charge in [0.15, 0.2) is 0 Å². The number of aryl methyl sites for hydroxylation is 1. The van der Waals surface area contributed by atoms with Crippen LogP contribution in [0.3, 0.4) is 0 Å². The molecule has 0 atom stereocenters. The third kappa shape index (κ3) is 2.55. The maximum atomic E-state index is 12.9. The second-order valence-electron chi connectivity index (χ2n) is 4.74. The van der Waals surface area contributed by atoms with Gasteiger partial charge in [-0.15, -0.1) is 0 Å². The van der Waals surface area contributed by atoms with E-state index in [4.69, 9.17) is 0 Å². The van der Waals surface area contributed by atoms with Crippen LogP contribution in [-0.2, 0) is 0 Å². The molecule has 0 nitrogen and oxygen atoms in total. The van der Waals surface area contributed by atoms with Crippen molar-refractivity contribution < 1.29 is 4.39 Å². The fourth-order valence-electron chi connectivity index (χ4n) is 2.00. The van der Waals surface area contributed by atoms with Crippen molar-refractivity contribution in [2.24, 2.45) is 0 Å². The molecule has 0 aromatic heterocycles. The van der Waals surface area contributed by atoms with Crippen LogP contribution in [0.15, 0.2) is 42.5 Å². The molecule has 0 fully saturated rings. The molecular formula is C16H17F. The number of halogens is 1. The molecule has 1 heteroatoms. The highest BCUT2D eigenvalue weighted by molar-refractivity contribution is 5.67. The Morgan fingerprint density at radius 1 is 0.941 bits per heavy atom. The molecule has 0 unspecified atom stereocenters. The summed E-state index contributed by atoms with van der Waals surface area (Å²) in [5, 5.41) is 0. The van der Waals surface area contributed by atoms with Crippen molar-refractivity contribution in [2.75, 3.05) is 0 Å². The molecule has 0 N–H and O–H groups in total. The summed E-state index contributed by atoms with van der Waals surface area (Å²) in [6.07, 6.45) is 0. The zero-order valence-electron chi connectivity index (χ0n) is 10.5. The summed E-state index contributed by atoms with van der Waals surface area (Å²) < 4.78 is 12.9. The lowest BCUT2D eigenvalue weighted by atomic mass is 9.94. The second kappa shape index (κ2) is 4.70. The smallest absolute Gasteiger partial charge is 0.123 e. The number of rotatable bonds is 2. The molecule has 17 heavy (non-hydrogen) atoms. The molecule has 0 aliphatic heterocycles. The Kier molecular flexibility index (Phi) is 3.28. The van der Waals surface area contributed by atoms with Gasteiger partial charge >= 0.3 is 0 Å². The number of hydrogen-bond acceptors (Lipinski definition) is 0.